The van der Waals surface area contributed by atoms with Crippen LogP contribution in [0.15, 0.2) is 48.5 Å². The molecule has 1 fully saturated rings. The summed E-state index contributed by atoms with van der Waals surface area (Å²) >= 11 is 6.07. The molecule has 1 saturated heterocycles. The van der Waals surface area contributed by atoms with Crippen LogP contribution in [0.2, 0.25) is 5.02 Å². The van der Waals surface area contributed by atoms with Crippen molar-refractivity contribution in [1.82, 2.24) is 0 Å². The van der Waals surface area contributed by atoms with E-state index >= 15 is 0 Å². The molecule has 6 heteroatoms. The molecule has 0 aromatic heterocycles. The number of rotatable bonds is 4. The maximum absolute atomic E-state index is 12.2. The molecule has 0 atom stereocenters. The zero-order valence-corrected chi connectivity index (χ0v) is 16.3. The fourth-order valence-corrected chi connectivity index (χ4v) is 2.90. The number of anilines is 1. The monoisotopic (exact) mass is 371 g/mol. The van der Waals surface area contributed by atoms with Crippen LogP contribution < -0.4 is 10.8 Å². The standard InChI is InChI=1S/C20H23BClNO3/c1-19(2)20(3,4)26-21(25-19)15-11-9-14(10-12-15)13-18(24)23-17-8-6-5-7-16(17)22/h5-12H,13H2,1-4H3,(H,23,24). The maximum Gasteiger partial charge on any atom is 0.494 e. The molecule has 1 N–H and O–H groups in total. The van der Waals surface area contributed by atoms with Gasteiger partial charge in [0.2, 0.25) is 5.91 Å². The quantitative estimate of drug-likeness (QED) is 0.831. The first-order valence-electron chi connectivity index (χ1n) is 8.67. The first-order valence-corrected chi connectivity index (χ1v) is 9.05. The summed E-state index contributed by atoms with van der Waals surface area (Å²) in [5.74, 6) is -0.110. The summed E-state index contributed by atoms with van der Waals surface area (Å²) in [6.07, 6.45) is 0.273. The van der Waals surface area contributed by atoms with Crippen LogP contribution in [0, 0.1) is 0 Å². The van der Waals surface area contributed by atoms with Gasteiger partial charge in [-0.3, -0.25) is 4.79 Å². The molecular weight excluding hydrogens is 348 g/mol. The lowest BCUT2D eigenvalue weighted by atomic mass is 9.79. The summed E-state index contributed by atoms with van der Waals surface area (Å²) in [6, 6.07) is 14.9. The van der Waals surface area contributed by atoms with Gasteiger partial charge in [0, 0.05) is 0 Å². The molecular formula is C20H23BClNO3. The minimum Gasteiger partial charge on any atom is -0.399 e. The molecule has 2 aromatic rings. The third kappa shape index (κ3) is 3.95. The molecule has 1 heterocycles. The minimum absolute atomic E-state index is 0.110. The fraction of sp³-hybridized carbons (Fsp3) is 0.350. The van der Waals surface area contributed by atoms with Crippen molar-refractivity contribution in [3.8, 4) is 0 Å². The minimum atomic E-state index is -0.397. The topological polar surface area (TPSA) is 47.6 Å². The highest BCUT2D eigenvalue weighted by atomic mass is 35.5. The van der Waals surface area contributed by atoms with Gasteiger partial charge in [-0.25, -0.2) is 0 Å². The van der Waals surface area contributed by atoms with Crippen molar-refractivity contribution in [2.75, 3.05) is 5.32 Å². The highest BCUT2D eigenvalue weighted by Gasteiger charge is 2.51. The average molecular weight is 372 g/mol. The van der Waals surface area contributed by atoms with Gasteiger partial charge in [0.25, 0.3) is 0 Å². The van der Waals surface area contributed by atoms with Crippen molar-refractivity contribution >= 4 is 35.8 Å². The Morgan fingerprint density at radius 1 is 1.00 bits per heavy atom. The summed E-state index contributed by atoms with van der Waals surface area (Å²) in [6.45, 7) is 8.11. The molecule has 0 saturated carbocycles. The summed E-state index contributed by atoms with van der Waals surface area (Å²) in [5.41, 5.74) is 1.73. The molecule has 1 aliphatic heterocycles. The van der Waals surface area contributed by atoms with E-state index in [4.69, 9.17) is 20.9 Å². The van der Waals surface area contributed by atoms with Gasteiger partial charge >= 0.3 is 7.12 Å². The van der Waals surface area contributed by atoms with Crippen molar-refractivity contribution in [3.63, 3.8) is 0 Å². The summed E-state index contributed by atoms with van der Waals surface area (Å²) < 4.78 is 12.1. The summed E-state index contributed by atoms with van der Waals surface area (Å²) in [7, 11) is -0.397. The van der Waals surface area contributed by atoms with E-state index in [2.05, 4.69) is 5.32 Å². The van der Waals surface area contributed by atoms with Gasteiger partial charge in [-0.1, -0.05) is 48.0 Å². The second-order valence-electron chi connectivity index (χ2n) is 7.53. The molecule has 1 aliphatic rings. The predicted octanol–water partition coefficient (Wildman–Crippen LogP) is 3.82. The van der Waals surface area contributed by atoms with Crippen molar-refractivity contribution in [3.05, 3.63) is 59.1 Å². The van der Waals surface area contributed by atoms with E-state index in [9.17, 15) is 4.79 Å². The first kappa shape index (κ1) is 19.0. The van der Waals surface area contributed by atoms with Gasteiger partial charge < -0.3 is 14.6 Å². The lowest BCUT2D eigenvalue weighted by Gasteiger charge is -2.32. The Balaban J connectivity index is 1.63. The number of nitrogens with one attached hydrogen (secondary N) is 1. The Bertz CT molecular complexity index is 789. The van der Waals surface area contributed by atoms with Crippen LogP contribution >= 0.6 is 11.6 Å². The highest BCUT2D eigenvalue weighted by Crippen LogP contribution is 2.36. The van der Waals surface area contributed by atoms with Crippen LogP contribution in [0.5, 0.6) is 0 Å². The molecule has 0 bridgehead atoms. The number of hydrogen-bond acceptors (Lipinski definition) is 3. The molecule has 2 aromatic carbocycles. The zero-order valence-electron chi connectivity index (χ0n) is 15.5. The number of carbonyl (C=O) groups is 1. The Morgan fingerprint density at radius 2 is 1.58 bits per heavy atom. The second kappa shape index (κ2) is 7.07. The molecule has 4 nitrogen and oxygen atoms in total. The zero-order chi connectivity index (χ0) is 18.9. The number of hydrogen-bond donors (Lipinski definition) is 1. The SMILES string of the molecule is CC1(C)OB(c2ccc(CC(=O)Nc3ccccc3Cl)cc2)OC1(C)C. The largest absolute Gasteiger partial charge is 0.494 e. The summed E-state index contributed by atoms with van der Waals surface area (Å²) in [4.78, 5) is 12.2. The third-order valence-corrected chi connectivity index (χ3v) is 5.35. The fourth-order valence-electron chi connectivity index (χ4n) is 2.71. The molecule has 1 amide bonds. The number of carbonyl (C=O) groups excluding carboxylic acids is 1. The lowest BCUT2D eigenvalue weighted by molar-refractivity contribution is -0.115. The molecule has 136 valence electrons. The van der Waals surface area contributed by atoms with E-state index in [1.54, 1.807) is 12.1 Å². The Morgan fingerprint density at radius 3 is 2.15 bits per heavy atom. The van der Waals surface area contributed by atoms with E-state index in [0.717, 1.165) is 11.0 Å². The van der Waals surface area contributed by atoms with Gasteiger partial charge in [-0.05, 0) is 50.9 Å². The van der Waals surface area contributed by atoms with E-state index in [1.165, 1.54) is 0 Å². The second-order valence-corrected chi connectivity index (χ2v) is 7.94. The summed E-state index contributed by atoms with van der Waals surface area (Å²) in [5, 5.41) is 3.35. The van der Waals surface area contributed by atoms with Crippen LogP contribution in [0.1, 0.15) is 33.3 Å². The Kier molecular flexibility index (Phi) is 5.15. The van der Waals surface area contributed by atoms with E-state index in [0.29, 0.717) is 10.7 Å². The molecule has 3 rings (SSSR count). The normalized spacial score (nSPS) is 18.0. The number of para-hydroxylation sites is 1. The van der Waals surface area contributed by atoms with Crippen molar-refractivity contribution < 1.29 is 14.1 Å². The van der Waals surface area contributed by atoms with Crippen molar-refractivity contribution in [1.29, 1.82) is 0 Å². The smallest absolute Gasteiger partial charge is 0.399 e. The number of amides is 1. The van der Waals surface area contributed by atoms with Crippen molar-refractivity contribution in [2.24, 2.45) is 0 Å². The number of halogens is 1. The van der Waals surface area contributed by atoms with Crippen molar-refractivity contribution in [2.45, 2.75) is 45.3 Å². The van der Waals surface area contributed by atoms with Crippen LogP contribution in [0.3, 0.4) is 0 Å². The highest BCUT2D eigenvalue weighted by molar-refractivity contribution is 6.62. The molecule has 0 radical (unpaired) electrons. The van der Waals surface area contributed by atoms with E-state index in [-0.39, 0.29) is 23.5 Å². The lowest BCUT2D eigenvalue weighted by Crippen LogP contribution is -2.41. The first-order chi connectivity index (χ1) is 12.2. The van der Waals surface area contributed by atoms with E-state index in [1.807, 2.05) is 64.1 Å². The van der Waals surface area contributed by atoms with Crippen LogP contribution in [0.4, 0.5) is 5.69 Å². The maximum atomic E-state index is 12.2. The van der Waals surface area contributed by atoms with Gasteiger partial charge in [0.1, 0.15) is 0 Å². The van der Waals surface area contributed by atoms with Crippen LogP contribution in [0.25, 0.3) is 0 Å². The molecule has 0 aliphatic carbocycles. The van der Waals surface area contributed by atoms with E-state index < -0.39 is 7.12 Å². The van der Waals surface area contributed by atoms with Gasteiger partial charge in [-0.15, -0.1) is 0 Å². The Labute approximate surface area is 160 Å². The molecule has 0 unspecified atom stereocenters. The third-order valence-electron chi connectivity index (χ3n) is 5.02. The number of benzene rings is 2. The Hall–Kier alpha value is -1.82. The predicted molar refractivity (Wildman–Crippen MR) is 106 cm³/mol. The van der Waals surface area contributed by atoms with Gasteiger partial charge in [0.15, 0.2) is 0 Å². The van der Waals surface area contributed by atoms with Gasteiger partial charge in [0.05, 0.1) is 28.3 Å². The van der Waals surface area contributed by atoms with Gasteiger partial charge in [-0.2, -0.15) is 0 Å². The molecule has 26 heavy (non-hydrogen) atoms. The van der Waals surface area contributed by atoms with Crippen LogP contribution in [-0.4, -0.2) is 24.2 Å². The molecule has 0 spiro atoms. The van der Waals surface area contributed by atoms with Crippen LogP contribution in [-0.2, 0) is 20.5 Å². The average Bonchev–Trinajstić information content (AvgIpc) is 2.78.